The number of anilines is 3. The smallest absolute Gasteiger partial charge is 0.132 e. The summed E-state index contributed by atoms with van der Waals surface area (Å²) in [4.78, 5) is 8.88. The lowest BCUT2D eigenvalue weighted by atomic mass is 10.2. The quantitative estimate of drug-likeness (QED) is 0.752. The summed E-state index contributed by atoms with van der Waals surface area (Å²) in [5.74, 6) is 1.69. The van der Waals surface area contributed by atoms with Crippen LogP contribution in [-0.2, 0) is 0 Å². The Bertz CT molecular complexity index is 719. The number of benzene rings is 1. The molecule has 0 unspecified atom stereocenters. The molecule has 0 spiro atoms. The fraction of sp³-hybridized carbons (Fsp3) is 0.125. The molecule has 0 saturated carbocycles. The van der Waals surface area contributed by atoms with Crippen molar-refractivity contribution in [3.05, 3.63) is 54.7 Å². The van der Waals surface area contributed by atoms with Crippen molar-refractivity contribution in [2.45, 2.75) is 6.92 Å². The highest BCUT2D eigenvalue weighted by molar-refractivity contribution is 5.92. The summed E-state index contributed by atoms with van der Waals surface area (Å²) in [7, 11) is 0. The first-order chi connectivity index (χ1) is 9.86. The van der Waals surface area contributed by atoms with Crippen molar-refractivity contribution in [3.8, 4) is 0 Å². The van der Waals surface area contributed by atoms with Gasteiger partial charge in [-0.2, -0.15) is 0 Å². The molecular formula is C16H16N4. The van der Waals surface area contributed by atoms with Crippen LogP contribution in [0.25, 0.3) is 10.9 Å². The predicted molar refractivity (Wildman–Crippen MR) is 83.4 cm³/mol. The number of rotatable bonds is 4. The fourth-order valence-electron chi connectivity index (χ4n) is 2.13. The van der Waals surface area contributed by atoms with E-state index in [2.05, 4.69) is 33.6 Å². The maximum absolute atomic E-state index is 4.52. The van der Waals surface area contributed by atoms with E-state index in [-0.39, 0.29) is 0 Å². The Morgan fingerprint density at radius 1 is 0.950 bits per heavy atom. The van der Waals surface area contributed by atoms with Gasteiger partial charge in [-0.3, -0.25) is 4.98 Å². The molecule has 0 aliphatic heterocycles. The zero-order valence-electron chi connectivity index (χ0n) is 11.3. The van der Waals surface area contributed by atoms with Gasteiger partial charge in [0.15, 0.2) is 0 Å². The molecular weight excluding hydrogens is 248 g/mol. The highest BCUT2D eigenvalue weighted by Crippen LogP contribution is 2.24. The van der Waals surface area contributed by atoms with Crippen LogP contribution in [-0.4, -0.2) is 16.5 Å². The van der Waals surface area contributed by atoms with Crippen molar-refractivity contribution in [1.82, 2.24) is 9.97 Å². The normalized spacial score (nSPS) is 10.4. The SMILES string of the molecule is CCNc1cccc(Nc2cccc3ncccc23)n1. The number of nitrogens with zero attached hydrogens (tertiary/aromatic N) is 2. The summed E-state index contributed by atoms with van der Waals surface area (Å²) in [5.41, 5.74) is 1.98. The Morgan fingerprint density at radius 2 is 1.80 bits per heavy atom. The summed E-state index contributed by atoms with van der Waals surface area (Å²) in [6, 6.07) is 15.9. The van der Waals surface area contributed by atoms with Crippen LogP contribution in [0.15, 0.2) is 54.7 Å². The first kappa shape index (κ1) is 12.4. The fourth-order valence-corrected chi connectivity index (χ4v) is 2.13. The zero-order chi connectivity index (χ0) is 13.8. The lowest BCUT2D eigenvalue weighted by molar-refractivity contribution is 1.16. The molecule has 0 atom stereocenters. The molecule has 4 nitrogen and oxygen atoms in total. The Hall–Kier alpha value is -2.62. The van der Waals surface area contributed by atoms with E-state index in [1.165, 1.54) is 0 Å². The van der Waals surface area contributed by atoms with E-state index in [0.29, 0.717) is 0 Å². The van der Waals surface area contributed by atoms with Crippen molar-refractivity contribution >= 4 is 28.2 Å². The van der Waals surface area contributed by atoms with Gasteiger partial charge in [0.2, 0.25) is 0 Å². The minimum atomic E-state index is 0.819. The van der Waals surface area contributed by atoms with Gasteiger partial charge in [-0.15, -0.1) is 0 Å². The van der Waals surface area contributed by atoms with Crippen LogP contribution in [0.1, 0.15) is 6.92 Å². The summed E-state index contributed by atoms with van der Waals surface area (Å²) >= 11 is 0. The minimum Gasteiger partial charge on any atom is -0.370 e. The van der Waals surface area contributed by atoms with Gasteiger partial charge in [0, 0.05) is 23.8 Å². The molecule has 2 aromatic heterocycles. The third kappa shape index (κ3) is 2.54. The second-order valence-corrected chi connectivity index (χ2v) is 4.44. The average molecular weight is 264 g/mol. The number of hydrogen-bond donors (Lipinski definition) is 2. The van der Waals surface area contributed by atoms with Crippen molar-refractivity contribution < 1.29 is 0 Å². The van der Waals surface area contributed by atoms with Gasteiger partial charge in [-0.25, -0.2) is 4.98 Å². The summed E-state index contributed by atoms with van der Waals surface area (Å²) in [6.45, 7) is 2.91. The van der Waals surface area contributed by atoms with Crippen LogP contribution in [0.3, 0.4) is 0 Å². The van der Waals surface area contributed by atoms with Crippen molar-refractivity contribution in [3.63, 3.8) is 0 Å². The Balaban J connectivity index is 1.95. The van der Waals surface area contributed by atoms with E-state index >= 15 is 0 Å². The van der Waals surface area contributed by atoms with Gasteiger partial charge >= 0.3 is 0 Å². The third-order valence-electron chi connectivity index (χ3n) is 3.02. The van der Waals surface area contributed by atoms with Crippen LogP contribution in [0, 0.1) is 0 Å². The molecule has 3 rings (SSSR count). The predicted octanol–water partition coefficient (Wildman–Crippen LogP) is 3.81. The molecule has 0 aliphatic carbocycles. The third-order valence-corrected chi connectivity index (χ3v) is 3.02. The van der Waals surface area contributed by atoms with E-state index in [1.807, 2.05) is 42.5 Å². The molecule has 0 saturated heterocycles. The molecule has 0 bridgehead atoms. The maximum Gasteiger partial charge on any atom is 0.132 e. The summed E-state index contributed by atoms with van der Waals surface area (Å²) in [5, 5.41) is 7.65. The van der Waals surface area contributed by atoms with Gasteiger partial charge < -0.3 is 10.6 Å². The van der Waals surface area contributed by atoms with Crippen molar-refractivity contribution in [1.29, 1.82) is 0 Å². The topological polar surface area (TPSA) is 49.8 Å². The number of hydrogen-bond acceptors (Lipinski definition) is 4. The molecule has 1 aromatic carbocycles. The minimum absolute atomic E-state index is 0.819. The van der Waals surface area contributed by atoms with E-state index < -0.39 is 0 Å². The molecule has 2 heterocycles. The van der Waals surface area contributed by atoms with Crippen LogP contribution in [0.2, 0.25) is 0 Å². The molecule has 4 heteroatoms. The molecule has 0 aliphatic rings. The van der Waals surface area contributed by atoms with Crippen molar-refractivity contribution in [2.75, 3.05) is 17.2 Å². The first-order valence-corrected chi connectivity index (χ1v) is 6.68. The van der Waals surface area contributed by atoms with Gasteiger partial charge in [0.05, 0.1) is 5.52 Å². The Labute approximate surface area is 117 Å². The zero-order valence-corrected chi connectivity index (χ0v) is 11.3. The van der Waals surface area contributed by atoms with Crippen LogP contribution >= 0.6 is 0 Å². The average Bonchev–Trinajstić information content (AvgIpc) is 2.48. The number of nitrogens with one attached hydrogen (secondary N) is 2. The first-order valence-electron chi connectivity index (χ1n) is 6.68. The van der Waals surface area contributed by atoms with Crippen molar-refractivity contribution in [2.24, 2.45) is 0 Å². The van der Waals surface area contributed by atoms with E-state index in [9.17, 15) is 0 Å². The van der Waals surface area contributed by atoms with Crippen LogP contribution < -0.4 is 10.6 Å². The van der Waals surface area contributed by atoms with Gasteiger partial charge in [0.25, 0.3) is 0 Å². The van der Waals surface area contributed by atoms with Gasteiger partial charge in [-0.05, 0) is 43.3 Å². The highest BCUT2D eigenvalue weighted by atomic mass is 15.1. The Morgan fingerprint density at radius 3 is 2.70 bits per heavy atom. The highest BCUT2D eigenvalue weighted by Gasteiger charge is 2.02. The summed E-state index contributed by atoms with van der Waals surface area (Å²) in [6.07, 6.45) is 1.80. The summed E-state index contributed by atoms with van der Waals surface area (Å²) < 4.78 is 0. The molecule has 0 fully saturated rings. The molecule has 20 heavy (non-hydrogen) atoms. The van der Waals surface area contributed by atoms with Gasteiger partial charge in [0.1, 0.15) is 11.6 Å². The lowest BCUT2D eigenvalue weighted by Gasteiger charge is -2.10. The number of aromatic nitrogens is 2. The molecule has 0 radical (unpaired) electrons. The van der Waals surface area contributed by atoms with Gasteiger partial charge in [-0.1, -0.05) is 12.1 Å². The van der Waals surface area contributed by atoms with E-state index in [4.69, 9.17) is 0 Å². The maximum atomic E-state index is 4.52. The Kier molecular flexibility index (Phi) is 3.46. The lowest BCUT2D eigenvalue weighted by Crippen LogP contribution is -2.01. The molecule has 100 valence electrons. The van der Waals surface area contributed by atoms with E-state index in [0.717, 1.165) is 34.8 Å². The molecule has 0 amide bonds. The second kappa shape index (κ2) is 5.57. The molecule has 3 aromatic rings. The second-order valence-electron chi connectivity index (χ2n) is 4.44. The number of pyridine rings is 2. The van der Waals surface area contributed by atoms with E-state index in [1.54, 1.807) is 6.20 Å². The standard InChI is InChI=1S/C16H16N4/c1-2-17-15-9-4-10-16(20-15)19-14-8-3-7-13-12(14)6-5-11-18-13/h3-11H,2H2,1H3,(H2,17,19,20). The molecule has 2 N–H and O–H groups in total. The van der Waals surface area contributed by atoms with Crippen LogP contribution in [0.5, 0.6) is 0 Å². The monoisotopic (exact) mass is 264 g/mol. The number of fused-ring (bicyclic) bond motifs is 1. The largest absolute Gasteiger partial charge is 0.370 e. The van der Waals surface area contributed by atoms with Crippen LogP contribution in [0.4, 0.5) is 17.3 Å².